The predicted molar refractivity (Wildman–Crippen MR) is 293 cm³/mol. The number of rotatable bonds is 50. The molecule has 0 aliphatic carbocycles. The average Bonchev–Trinajstić information content (AvgIpc) is 3.37. The van der Waals surface area contributed by atoms with Crippen LogP contribution in [0.3, 0.4) is 0 Å². The molecule has 9 unspecified atom stereocenters. The zero-order chi connectivity index (χ0) is 51.8. The third-order valence-electron chi connectivity index (χ3n) is 14.1. The van der Waals surface area contributed by atoms with Gasteiger partial charge in [-0.2, -0.15) is 0 Å². The molecule has 0 saturated carbocycles. The van der Waals surface area contributed by atoms with Crippen molar-refractivity contribution in [2.75, 3.05) is 13.2 Å². The number of allylic oxidation sites excluding steroid dienone is 8. The highest BCUT2D eigenvalue weighted by Gasteiger charge is 2.44. The third-order valence-corrected chi connectivity index (χ3v) is 14.1. The summed E-state index contributed by atoms with van der Waals surface area (Å²) < 4.78 is 11.1. The second-order valence-electron chi connectivity index (χ2n) is 20.7. The molecule has 416 valence electrons. The van der Waals surface area contributed by atoms with E-state index in [1.54, 1.807) is 0 Å². The van der Waals surface area contributed by atoms with Crippen molar-refractivity contribution in [2.45, 2.75) is 313 Å². The number of aliphatic hydroxyl groups is 7. The van der Waals surface area contributed by atoms with Gasteiger partial charge in [0.2, 0.25) is 5.91 Å². The van der Waals surface area contributed by atoms with Crippen LogP contribution < -0.4 is 5.32 Å². The molecule has 1 saturated heterocycles. The molecule has 11 heteroatoms. The molecule has 9 atom stereocenters. The number of unbranched alkanes of at least 4 members (excludes halogenated alkanes) is 30. The lowest BCUT2D eigenvalue weighted by Gasteiger charge is -2.40. The summed E-state index contributed by atoms with van der Waals surface area (Å²) in [5.74, 6) is -0.717. The molecule has 1 aliphatic rings. The topological polar surface area (TPSA) is 189 Å². The average molecular weight is 1010 g/mol. The fraction of sp³-hybridized carbons (Fsp3) is 0.850. The smallest absolute Gasteiger partial charge is 0.249 e. The highest BCUT2D eigenvalue weighted by Crippen LogP contribution is 2.23. The van der Waals surface area contributed by atoms with E-state index < -0.39 is 74.2 Å². The van der Waals surface area contributed by atoms with Crippen LogP contribution in [0, 0.1) is 0 Å². The van der Waals surface area contributed by atoms with Gasteiger partial charge in [-0.15, -0.1) is 0 Å². The van der Waals surface area contributed by atoms with E-state index in [-0.39, 0.29) is 12.8 Å². The predicted octanol–water partition coefficient (Wildman–Crippen LogP) is 12.5. The van der Waals surface area contributed by atoms with Crippen molar-refractivity contribution in [1.82, 2.24) is 5.32 Å². The summed E-state index contributed by atoms with van der Waals surface area (Å²) in [6, 6.07) is -1.20. The summed E-state index contributed by atoms with van der Waals surface area (Å²) in [5, 5.41) is 76.1. The Kier molecular flexibility index (Phi) is 46.3. The number of amides is 1. The number of nitrogens with one attached hydrogen (secondary N) is 1. The largest absolute Gasteiger partial charge is 0.394 e. The Labute approximate surface area is 434 Å². The van der Waals surface area contributed by atoms with Gasteiger partial charge < -0.3 is 50.5 Å². The van der Waals surface area contributed by atoms with Crippen LogP contribution in [0.5, 0.6) is 0 Å². The maximum Gasteiger partial charge on any atom is 0.249 e. The Hall–Kier alpha value is -1.93. The molecule has 8 N–H and O–H groups in total. The molecule has 1 aliphatic heterocycles. The van der Waals surface area contributed by atoms with E-state index in [4.69, 9.17) is 9.47 Å². The first kappa shape index (κ1) is 67.1. The molecule has 1 rings (SSSR count). The zero-order valence-electron chi connectivity index (χ0n) is 45.5. The van der Waals surface area contributed by atoms with Gasteiger partial charge in [-0.05, 0) is 89.9 Å². The molecule has 0 radical (unpaired) electrons. The molecular formula is C60H111NO10. The Morgan fingerprint density at radius 3 is 1.25 bits per heavy atom. The van der Waals surface area contributed by atoms with E-state index in [0.717, 1.165) is 64.2 Å². The van der Waals surface area contributed by atoms with Gasteiger partial charge in [0.15, 0.2) is 6.29 Å². The van der Waals surface area contributed by atoms with Crippen molar-refractivity contribution < 1.29 is 50.0 Å². The summed E-state index contributed by atoms with van der Waals surface area (Å²) >= 11 is 0. The summed E-state index contributed by atoms with van der Waals surface area (Å²) in [6.45, 7) is 3.45. The van der Waals surface area contributed by atoms with E-state index >= 15 is 0 Å². The Balaban J connectivity index is 2.35. The van der Waals surface area contributed by atoms with Gasteiger partial charge in [0, 0.05) is 0 Å². The summed E-state index contributed by atoms with van der Waals surface area (Å²) in [4.78, 5) is 13.2. The summed E-state index contributed by atoms with van der Waals surface area (Å²) in [6.07, 6.45) is 50.3. The van der Waals surface area contributed by atoms with E-state index in [1.165, 1.54) is 148 Å². The first-order chi connectivity index (χ1) is 34.7. The van der Waals surface area contributed by atoms with Crippen LogP contribution in [0.4, 0.5) is 0 Å². The van der Waals surface area contributed by atoms with Crippen LogP contribution in [-0.4, -0.2) is 110 Å². The van der Waals surface area contributed by atoms with Gasteiger partial charge in [0.1, 0.15) is 36.6 Å². The van der Waals surface area contributed by atoms with E-state index in [1.807, 2.05) is 0 Å². The van der Waals surface area contributed by atoms with Gasteiger partial charge in [0.25, 0.3) is 0 Å². The fourth-order valence-electron chi connectivity index (χ4n) is 9.23. The van der Waals surface area contributed by atoms with Crippen molar-refractivity contribution in [3.63, 3.8) is 0 Å². The number of hydrogen-bond donors (Lipinski definition) is 8. The first-order valence-electron chi connectivity index (χ1n) is 29.5. The molecule has 0 aromatic heterocycles. The second-order valence-corrected chi connectivity index (χ2v) is 20.7. The lowest BCUT2D eigenvalue weighted by atomic mass is 9.98. The van der Waals surface area contributed by atoms with Crippen LogP contribution in [0.2, 0.25) is 0 Å². The van der Waals surface area contributed by atoms with Crippen molar-refractivity contribution in [2.24, 2.45) is 0 Å². The molecular weight excluding hydrogens is 895 g/mol. The maximum absolute atomic E-state index is 13.2. The van der Waals surface area contributed by atoms with Crippen molar-refractivity contribution in [3.8, 4) is 0 Å². The van der Waals surface area contributed by atoms with Crippen molar-refractivity contribution in [3.05, 3.63) is 48.6 Å². The van der Waals surface area contributed by atoms with Crippen LogP contribution in [-0.2, 0) is 14.3 Å². The van der Waals surface area contributed by atoms with Gasteiger partial charge in [-0.25, -0.2) is 0 Å². The SMILES string of the molecule is CCCCCCCCCC/C=C\CCCCCCCCC(O)C(=O)NC(COC1OC(CO)C(O)C(O)C1O)C(O)C(O)CCC/C=C/CC/C=C/CC/C=C/CCCCCCCCCCCCCCC. The highest BCUT2D eigenvalue weighted by atomic mass is 16.7. The first-order valence-corrected chi connectivity index (χ1v) is 29.5. The molecule has 0 aromatic carbocycles. The highest BCUT2D eigenvalue weighted by molar-refractivity contribution is 5.80. The number of aliphatic hydroxyl groups excluding tert-OH is 7. The zero-order valence-corrected chi connectivity index (χ0v) is 45.5. The Bertz CT molecular complexity index is 1290. The minimum atomic E-state index is -1.68. The lowest BCUT2D eigenvalue weighted by Crippen LogP contribution is -2.60. The number of ether oxygens (including phenoxy) is 2. The Morgan fingerprint density at radius 1 is 0.479 bits per heavy atom. The lowest BCUT2D eigenvalue weighted by molar-refractivity contribution is -0.303. The minimum Gasteiger partial charge on any atom is -0.394 e. The van der Waals surface area contributed by atoms with E-state index in [0.29, 0.717) is 19.3 Å². The van der Waals surface area contributed by atoms with Gasteiger partial charge in [-0.3, -0.25) is 4.79 Å². The van der Waals surface area contributed by atoms with Crippen LogP contribution in [0.15, 0.2) is 48.6 Å². The number of carbonyl (C=O) groups excluding carboxylic acids is 1. The fourth-order valence-corrected chi connectivity index (χ4v) is 9.23. The molecule has 1 fully saturated rings. The third kappa shape index (κ3) is 37.5. The normalized spacial score (nSPS) is 20.5. The molecule has 0 bridgehead atoms. The van der Waals surface area contributed by atoms with Gasteiger partial charge in [0.05, 0.1) is 25.4 Å². The van der Waals surface area contributed by atoms with Gasteiger partial charge >= 0.3 is 0 Å². The van der Waals surface area contributed by atoms with Crippen molar-refractivity contribution >= 4 is 5.91 Å². The quantitative estimate of drug-likeness (QED) is 0.0215. The Morgan fingerprint density at radius 2 is 0.845 bits per heavy atom. The summed E-state index contributed by atoms with van der Waals surface area (Å²) in [7, 11) is 0. The monoisotopic (exact) mass is 1010 g/mol. The van der Waals surface area contributed by atoms with E-state index in [9.17, 15) is 40.5 Å². The number of hydrogen-bond acceptors (Lipinski definition) is 10. The second kappa shape index (κ2) is 49.0. The van der Waals surface area contributed by atoms with Crippen LogP contribution in [0.25, 0.3) is 0 Å². The maximum atomic E-state index is 13.2. The van der Waals surface area contributed by atoms with Crippen molar-refractivity contribution in [1.29, 1.82) is 0 Å². The minimum absolute atomic E-state index is 0.239. The molecule has 1 heterocycles. The molecule has 0 spiro atoms. The summed E-state index contributed by atoms with van der Waals surface area (Å²) in [5.41, 5.74) is 0. The van der Waals surface area contributed by atoms with Gasteiger partial charge in [-0.1, -0.05) is 217 Å². The molecule has 1 amide bonds. The van der Waals surface area contributed by atoms with Crippen LogP contribution >= 0.6 is 0 Å². The number of carbonyl (C=O) groups is 1. The molecule has 71 heavy (non-hydrogen) atoms. The standard InChI is InChI=1S/C60H111NO10/c1-3-5-7-9-11-13-15-17-19-21-23-24-25-26-27-28-29-30-32-33-35-37-39-41-43-45-47-52(63)55(65)51(50-70-60-58(68)57(67)56(66)54(49-62)71-60)61-59(69)53(64)48-46-44-42-40-38-36-34-31-22-20-18-16-14-12-10-8-6-4-2/h22,27-28,31-33,39,41,51-58,60,62-68H,3-21,23-26,29-30,34-38,40,42-50H2,1-2H3,(H,61,69)/b28-27+,31-22-,33-32+,41-39+. The van der Waals surface area contributed by atoms with E-state index in [2.05, 4.69) is 67.8 Å². The molecule has 0 aromatic rings. The van der Waals surface area contributed by atoms with Crippen LogP contribution in [0.1, 0.15) is 258 Å². The molecule has 11 nitrogen and oxygen atoms in total.